The Bertz CT molecular complexity index is 914. The molecule has 1 aromatic heterocycles. The molecule has 0 atom stereocenters. The number of hydrogen-bond donors (Lipinski definition) is 1. The van der Waals surface area contributed by atoms with E-state index in [0.29, 0.717) is 5.82 Å². The molecule has 1 N–H and O–H groups in total. The van der Waals surface area contributed by atoms with Crippen LogP contribution in [0.1, 0.15) is 23.1 Å². The van der Waals surface area contributed by atoms with E-state index in [4.69, 9.17) is 0 Å². The fraction of sp³-hybridized carbons (Fsp3) is 0.167. The maximum atomic E-state index is 13.3. The minimum atomic E-state index is -0.447. The Hall–Kier alpha value is -2.19. The van der Waals surface area contributed by atoms with E-state index in [0.717, 1.165) is 21.1 Å². The van der Waals surface area contributed by atoms with Gasteiger partial charge in [-0.2, -0.15) is 0 Å². The van der Waals surface area contributed by atoms with Crippen molar-refractivity contribution >= 4 is 33.6 Å². The van der Waals surface area contributed by atoms with Gasteiger partial charge in [0.25, 0.3) is 5.91 Å². The predicted octanol–water partition coefficient (Wildman–Crippen LogP) is 4.21. The number of benzene rings is 2. The van der Waals surface area contributed by atoms with Crippen LogP contribution in [0.15, 0.2) is 58.2 Å². The van der Waals surface area contributed by atoms with E-state index in [1.54, 1.807) is 17.8 Å². The highest BCUT2D eigenvalue weighted by Gasteiger charge is 2.15. The predicted molar refractivity (Wildman–Crippen MR) is 103 cm³/mol. The van der Waals surface area contributed by atoms with Crippen LogP contribution in [0, 0.1) is 5.82 Å². The van der Waals surface area contributed by atoms with Gasteiger partial charge in [0, 0.05) is 15.7 Å². The number of aromatic nitrogens is 3. The van der Waals surface area contributed by atoms with E-state index in [1.165, 1.54) is 18.2 Å². The maximum Gasteiger partial charge on any atom is 0.251 e. The van der Waals surface area contributed by atoms with Crippen molar-refractivity contribution in [1.82, 2.24) is 20.1 Å². The fourth-order valence-electron chi connectivity index (χ4n) is 2.38. The van der Waals surface area contributed by atoms with Gasteiger partial charge in [0.2, 0.25) is 0 Å². The summed E-state index contributed by atoms with van der Waals surface area (Å²) in [4.78, 5) is 12.2. The third-order valence-electron chi connectivity index (χ3n) is 3.55. The number of nitrogens with zero attached hydrogens (tertiary/aromatic N) is 3. The maximum absolute atomic E-state index is 13.3. The Morgan fingerprint density at radius 3 is 2.69 bits per heavy atom. The van der Waals surface area contributed by atoms with Crippen LogP contribution in [-0.2, 0) is 6.54 Å². The smallest absolute Gasteiger partial charge is 0.251 e. The van der Waals surface area contributed by atoms with E-state index in [9.17, 15) is 9.18 Å². The molecule has 0 bridgehead atoms. The number of hydrogen-bond acceptors (Lipinski definition) is 4. The number of carbonyl (C=O) groups is 1. The summed E-state index contributed by atoms with van der Waals surface area (Å²) in [6.07, 6.45) is 0. The number of thioether (sulfide) groups is 1. The number of carbonyl (C=O) groups excluding carboxylic acids is 1. The van der Waals surface area contributed by atoms with Gasteiger partial charge in [-0.1, -0.05) is 40.7 Å². The monoisotopic (exact) mass is 434 g/mol. The number of nitrogens with one attached hydrogen (secondary N) is 1. The Morgan fingerprint density at radius 2 is 2.00 bits per heavy atom. The van der Waals surface area contributed by atoms with E-state index < -0.39 is 5.82 Å². The van der Waals surface area contributed by atoms with Gasteiger partial charge in [-0.05, 0) is 48.2 Å². The normalized spacial score (nSPS) is 10.7. The van der Waals surface area contributed by atoms with E-state index >= 15 is 0 Å². The molecule has 3 aromatic rings. The highest BCUT2D eigenvalue weighted by molar-refractivity contribution is 9.10. The van der Waals surface area contributed by atoms with E-state index in [-0.39, 0.29) is 18.0 Å². The van der Waals surface area contributed by atoms with Crippen molar-refractivity contribution in [3.05, 3.63) is 70.2 Å². The molecule has 3 rings (SSSR count). The summed E-state index contributed by atoms with van der Waals surface area (Å²) in [5.74, 6) is 0.648. The van der Waals surface area contributed by atoms with Crippen molar-refractivity contribution in [2.75, 3.05) is 5.75 Å². The molecule has 1 heterocycles. The van der Waals surface area contributed by atoms with Crippen LogP contribution in [-0.4, -0.2) is 26.4 Å². The van der Waals surface area contributed by atoms with Crippen molar-refractivity contribution in [3.63, 3.8) is 0 Å². The van der Waals surface area contributed by atoms with Crippen molar-refractivity contribution in [1.29, 1.82) is 0 Å². The first-order chi connectivity index (χ1) is 12.6. The summed E-state index contributed by atoms with van der Waals surface area (Å²) in [5, 5.41) is 12.0. The lowest BCUT2D eigenvalue weighted by atomic mass is 10.2. The minimum absolute atomic E-state index is 0.183. The van der Waals surface area contributed by atoms with Crippen molar-refractivity contribution in [3.8, 4) is 5.69 Å². The molecule has 0 aliphatic rings. The second-order valence-corrected chi connectivity index (χ2v) is 7.48. The summed E-state index contributed by atoms with van der Waals surface area (Å²) < 4.78 is 16.2. The number of halogens is 2. The lowest BCUT2D eigenvalue weighted by Crippen LogP contribution is -2.24. The zero-order valence-electron chi connectivity index (χ0n) is 13.9. The number of amides is 1. The summed E-state index contributed by atoms with van der Waals surface area (Å²) in [6.45, 7) is 2.22. The van der Waals surface area contributed by atoms with Gasteiger partial charge in [-0.25, -0.2) is 4.39 Å². The molecule has 0 fully saturated rings. The molecule has 0 saturated carbocycles. The Balaban J connectivity index is 1.83. The zero-order valence-corrected chi connectivity index (χ0v) is 16.3. The third-order valence-corrected chi connectivity index (χ3v) is 4.89. The molecule has 5 nitrogen and oxygen atoms in total. The SMILES string of the molecule is CCSc1nnc(CNC(=O)c2cccc(F)c2)n1-c1ccc(Br)cc1. The molecule has 0 aliphatic heterocycles. The average Bonchev–Trinajstić information content (AvgIpc) is 3.03. The van der Waals surface area contributed by atoms with Crippen LogP contribution in [0.25, 0.3) is 5.69 Å². The first kappa shape index (κ1) is 18.6. The highest BCUT2D eigenvalue weighted by Crippen LogP contribution is 2.23. The van der Waals surface area contributed by atoms with Gasteiger partial charge in [-0.15, -0.1) is 10.2 Å². The second-order valence-electron chi connectivity index (χ2n) is 5.34. The van der Waals surface area contributed by atoms with E-state index in [2.05, 4.69) is 31.4 Å². The van der Waals surface area contributed by atoms with Crippen LogP contribution in [0.5, 0.6) is 0 Å². The van der Waals surface area contributed by atoms with Crippen LogP contribution < -0.4 is 5.32 Å². The fourth-order valence-corrected chi connectivity index (χ4v) is 3.34. The standard InChI is InChI=1S/C18H16BrFN4OS/c1-2-26-18-23-22-16(24(18)15-8-6-13(19)7-9-15)11-21-17(25)12-4-3-5-14(20)10-12/h3-10H,2,11H2,1H3,(H,21,25). The van der Waals surface area contributed by atoms with Gasteiger partial charge in [0.15, 0.2) is 11.0 Å². The largest absolute Gasteiger partial charge is 0.345 e. The Kier molecular flexibility index (Phi) is 6.05. The number of rotatable bonds is 6. The molecule has 134 valence electrons. The van der Waals surface area contributed by atoms with Crippen molar-refractivity contribution in [2.24, 2.45) is 0 Å². The van der Waals surface area contributed by atoms with Crippen LogP contribution in [0.3, 0.4) is 0 Å². The Labute approximate surface area is 163 Å². The molecular formula is C18H16BrFN4OS. The summed E-state index contributed by atoms with van der Waals surface area (Å²) >= 11 is 4.99. The van der Waals surface area contributed by atoms with Crippen LogP contribution in [0.2, 0.25) is 0 Å². The molecule has 26 heavy (non-hydrogen) atoms. The van der Waals surface area contributed by atoms with Gasteiger partial charge in [0.05, 0.1) is 6.54 Å². The van der Waals surface area contributed by atoms with Crippen LogP contribution >= 0.6 is 27.7 Å². The molecular weight excluding hydrogens is 419 g/mol. The lowest BCUT2D eigenvalue weighted by Gasteiger charge is -2.11. The van der Waals surface area contributed by atoms with Crippen molar-refractivity contribution in [2.45, 2.75) is 18.6 Å². The van der Waals surface area contributed by atoms with Crippen molar-refractivity contribution < 1.29 is 9.18 Å². The van der Waals surface area contributed by atoms with Gasteiger partial charge in [-0.3, -0.25) is 9.36 Å². The highest BCUT2D eigenvalue weighted by atomic mass is 79.9. The summed E-state index contributed by atoms with van der Waals surface area (Å²) in [6, 6.07) is 13.3. The van der Waals surface area contributed by atoms with E-state index in [1.807, 2.05) is 35.8 Å². The third kappa shape index (κ3) is 4.31. The molecule has 8 heteroatoms. The lowest BCUT2D eigenvalue weighted by molar-refractivity contribution is 0.0949. The molecule has 0 spiro atoms. The molecule has 1 amide bonds. The first-order valence-corrected chi connectivity index (χ1v) is 9.73. The Morgan fingerprint density at radius 1 is 1.23 bits per heavy atom. The summed E-state index contributed by atoms with van der Waals surface area (Å²) in [5.41, 5.74) is 1.17. The quantitative estimate of drug-likeness (QED) is 0.590. The molecule has 0 radical (unpaired) electrons. The zero-order chi connectivity index (χ0) is 18.5. The molecule has 0 aliphatic carbocycles. The molecule has 0 saturated heterocycles. The van der Waals surface area contributed by atoms with Crippen LogP contribution in [0.4, 0.5) is 4.39 Å². The minimum Gasteiger partial charge on any atom is -0.345 e. The first-order valence-electron chi connectivity index (χ1n) is 7.95. The average molecular weight is 435 g/mol. The molecule has 0 unspecified atom stereocenters. The summed E-state index contributed by atoms with van der Waals surface area (Å²) in [7, 11) is 0. The molecule has 2 aromatic carbocycles. The topological polar surface area (TPSA) is 59.8 Å². The van der Waals surface area contributed by atoms with Gasteiger partial charge >= 0.3 is 0 Å². The van der Waals surface area contributed by atoms with Gasteiger partial charge < -0.3 is 5.32 Å². The van der Waals surface area contributed by atoms with Gasteiger partial charge in [0.1, 0.15) is 5.82 Å². The second kappa shape index (κ2) is 8.46.